The van der Waals surface area contributed by atoms with Crippen molar-refractivity contribution in [3.63, 3.8) is 0 Å². The Labute approximate surface area is 249 Å². The zero-order valence-electron chi connectivity index (χ0n) is 25.3. The van der Waals surface area contributed by atoms with Crippen LogP contribution < -0.4 is 14.2 Å². The number of rotatable bonds is 19. The van der Waals surface area contributed by atoms with Gasteiger partial charge in [-0.25, -0.2) is 0 Å². The number of unbranched alkanes of at least 4 members (excludes halogenated alkanes) is 3. The van der Waals surface area contributed by atoms with Crippen molar-refractivity contribution >= 4 is 17.7 Å². The molecule has 8 heteroatoms. The van der Waals surface area contributed by atoms with Crippen LogP contribution in [0, 0.1) is 5.41 Å². The molecule has 0 bridgehead atoms. The molecule has 1 aliphatic rings. The van der Waals surface area contributed by atoms with Gasteiger partial charge in [0.15, 0.2) is 5.78 Å². The maximum atomic E-state index is 12.3. The number of ether oxygens (including phenoxy) is 3. The molecule has 0 aliphatic carbocycles. The van der Waals surface area contributed by atoms with Crippen LogP contribution in [0.1, 0.15) is 106 Å². The molecule has 0 spiro atoms. The van der Waals surface area contributed by atoms with Gasteiger partial charge in [-0.05, 0) is 88.1 Å². The lowest BCUT2D eigenvalue weighted by Crippen LogP contribution is -2.24. The highest BCUT2D eigenvalue weighted by molar-refractivity contribution is 6.00. The Kier molecular flexibility index (Phi) is 12.7. The summed E-state index contributed by atoms with van der Waals surface area (Å²) in [6.45, 7) is 6.91. The zero-order chi connectivity index (χ0) is 30.5. The second-order valence-corrected chi connectivity index (χ2v) is 11.6. The fraction of sp³-hybridized carbons (Fsp3) is 0.559. The van der Waals surface area contributed by atoms with Crippen molar-refractivity contribution < 1.29 is 38.8 Å². The van der Waals surface area contributed by atoms with Crippen molar-refractivity contribution in [1.29, 1.82) is 0 Å². The Balaban J connectivity index is 1.49. The summed E-state index contributed by atoms with van der Waals surface area (Å²) in [5, 5.41) is 18.6. The molecular formula is C34H46O8. The van der Waals surface area contributed by atoms with Crippen LogP contribution in [0.3, 0.4) is 0 Å². The molecule has 2 N–H and O–H groups in total. The van der Waals surface area contributed by atoms with Gasteiger partial charge in [-0.2, -0.15) is 0 Å². The van der Waals surface area contributed by atoms with Crippen LogP contribution in [0.5, 0.6) is 17.2 Å². The molecule has 8 nitrogen and oxygen atoms in total. The van der Waals surface area contributed by atoms with Crippen LogP contribution in [-0.2, 0) is 28.9 Å². The zero-order valence-corrected chi connectivity index (χ0v) is 25.3. The Morgan fingerprint density at radius 1 is 0.881 bits per heavy atom. The first-order valence-electron chi connectivity index (χ1n) is 15.3. The molecule has 2 aromatic carbocycles. The summed E-state index contributed by atoms with van der Waals surface area (Å²) in [7, 11) is 0. The summed E-state index contributed by atoms with van der Waals surface area (Å²) < 4.78 is 18.0. The van der Waals surface area contributed by atoms with E-state index in [1.165, 1.54) is 0 Å². The number of hydrogen-bond acceptors (Lipinski definition) is 6. The first-order valence-corrected chi connectivity index (χ1v) is 15.3. The molecule has 230 valence electrons. The molecule has 0 saturated heterocycles. The number of fused-ring (bicyclic) bond motifs is 1. The maximum Gasteiger partial charge on any atom is 0.309 e. The van der Waals surface area contributed by atoms with Gasteiger partial charge in [-0.1, -0.05) is 38.3 Å². The average Bonchev–Trinajstić information content (AvgIpc) is 2.95. The summed E-state index contributed by atoms with van der Waals surface area (Å²) in [4.78, 5) is 34.9. The number of Topliss-reactive ketones (excluding diaryl/α,β-unsaturated/α-hetero) is 1. The smallest absolute Gasteiger partial charge is 0.309 e. The summed E-state index contributed by atoms with van der Waals surface area (Å²) in [5.41, 5.74) is 2.87. The normalized spacial score (nSPS) is 12.9. The summed E-state index contributed by atoms with van der Waals surface area (Å²) >= 11 is 0. The predicted molar refractivity (Wildman–Crippen MR) is 161 cm³/mol. The molecule has 0 fully saturated rings. The minimum atomic E-state index is -0.849. The van der Waals surface area contributed by atoms with Gasteiger partial charge in [0.2, 0.25) is 0 Å². The molecule has 0 amide bonds. The number of aliphatic carboxylic acids is 2. The number of aryl methyl sites for hydroxylation is 1. The van der Waals surface area contributed by atoms with Crippen LogP contribution in [0.25, 0.3) is 0 Å². The van der Waals surface area contributed by atoms with Gasteiger partial charge in [-0.3, -0.25) is 14.4 Å². The van der Waals surface area contributed by atoms with E-state index in [9.17, 15) is 24.6 Å². The molecule has 2 aromatic rings. The summed E-state index contributed by atoms with van der Waals surface area (Å²) in [5.74, 6) is 0.636. The minimum absolute atomic E-state index is 0.0265. The third-order valence-electron chi connectivity index (χ3n) is 7.79. The highest BCUT2D eigenvalue weighted by Gasteiger charge is 2.26. The fourth-order valence-corrected chi connectivity index (χ4v) is 5.25. The average molecular weight is 583 g/mol. The Bertz CT molecular complexity index is 1220. The van der Waals surface area contributed by atoms with E-state index in [0.29, 0.717) is 62.6 Å². The van der Waals surface area contributed by atoms with Crippen LogP contribution >= 0.6 is 0 Å². The van der Waals surface area contributed by atoms with Crippen molar-refractivity contribution in [3.8, 4) is 17.2 Å². The first-order chi connectivity index (χ1) is 20.1. The minimum Gasteiger partial charge on any atom is -0.493 e. The second kappa shape index (κ2) is 16.2. The van der Waals surface area contributed by atoms with E-state index in [2.05, 4.69) is 6.92 Å². The topological polar surface area (TPSA) is 119 Å². The van der Waals surface area contributed by atoms with E-state index in [0.717, 1.165) is 67.4 Å². The number of ketones is 1. The Hall–Kier alpha value is -3.55. The van der Waals surface area contributed by atoms with E-state index < -0.39 is 17.4 Å². The van der Waals surface area contributed by atoms with E-state index in [4.69, 9.17) is 14.2 Å². The van der Waals surface area contributed by atoms with E-state index in [1.807, 2.05) is 30.3 Å². The predicted octanol–water partition coefficient (Wildman–Crippen LogP) is 7.07. The van der Waals surface area contributed by atoms with Gasteiger partial charge in [-0.15, -0.1) is 0 Å². The standard InChI is InChI=1S/C34H46O8/c1-4-11-27-30(17-15-26-28(35)19-23-42-32(26)27)40-21-8-6-5-7-12-24-13-9-14-29(25(24)16-18-31(36)37)41-22-10-20-34(2,3)33(38)39/h9,13-15,17H,4-8,10-12,16,18-23H2,1-3H3,(H,36,37)(H,38,39). The number of benzene rings is 2. The monoisotopic (exact) mass is 582 g/mol. The summed E-state index contributed by atoms with van der Waals surface area (Å²) in [6, 6.07) is 9.57. The van der Waals surface area contributed by atoms with Crippen molar-refractivity contribution in [1.82, 2.24) is 0 Å². The Morgan fingerprint density at radius 3 is 2.31 bits per heavy atom. The van der Waals surface area contributed by atoms with Gasteiger partial charge < -0.3 is 24.4 Å². The molecule has 0 aromatic heterocycles. The number of carboxylic acids is 2. The molecule has 42 heavy (non-hydrogen) atoms. The maximum absolute atomic E-state index is 12.3. The van der Waals surface area contributed by atoms with Gasteiger partial charge in [0.25, 0.3) is 0 Å². The fourth-order valence-electron chi connectivity index (χ4n) is 5.25. The highest BCUT2D eigenvalue weighted by atomic mass is 16.5. The Morgan fingerprint density at radius 2 is 1.60 bits per heavy atom. The van der Waals surface area contributed by atoms with E-state index in [1.54, 1.807) is 13.8 Å². The highest BCUT2D eigenvalue weighted by Crippen LogP contribution is 2.36. The number of hydrogen-bond donors (Lipinski definition) is 2. The van der Waals surface area contributed by atoms with Crippen LogP contribution in [-0.4, -0.2) is 47.8 Å². The number of carbonyl (C=O) groups is 3. The van der Waals surface area contributed by atoms with E-state index in [-0.39, 0.29) is 12.2 Å². The number of carbonyl (C=O) groups excluding carboxylic acids is 1. The summed E-state index contributed by atoms with van der Waals surface area (Å²) in [6.07, 6.45) is 8.40. The third-order valence-corrected chi connectivity index (χ3v) is 7.79. The van der Waals surface area contributed by atoms with Gasteiger partial charge in [0.05, 0.1) is 30.8 Å². The van der Waals surface area contributed by atoms with Gasteiger partial charge in [0.1, 0.15) is 17.2 Å². The molecule has 0 atom stereocenters. The van der Waals surface area contributed by atoms with Crippen molar-refractivity contribution in [2.75, 3.05) is 19.8 Å². The third kappa shape index (κ3) is 9.50. The van der Waals surface area contributed by atoms with Crippen molar-refractivity contribution in [2.45, 2.75) is 97.8 Å². The molecule has 0 saturated carbocycles. The molecule has 0 unspecified atom stereocenters. The lowest BCUT2D eigenvalue weighted by Gasteiger charge is -2.22. The lowest BCUT2D eigenvalue weighted by molar-refractivity contribution is -0.147. The van der Waals surface area contributed by atoms with Crippen LogP contribution in [0.15, 0.2) is 30.3 Å². The molecule has 3 rings (SSSR count). The van der Waals surface area contributed by atoms with E-state index >= 15 is 0 Å². The van der Waals surface area contributed by atoms with Crippen LogP contribution in [0.4, 0.5) is 0 Å². The molecule has 1 aliphatic heterocycles. The molecular weight excluding hydrogens is 536 g/mol. The quantitative estimate of drug-likeness (QED) is 0.169. The molecule has 0 radical (unpaired) electrons. The van der Waals surface area contributed by atoms with Crippen molar-refractivity contribution in [3.05, 3.63) is 52.6 Å². The largest absolute Gasteiger partial charge is 0.493 e. The molecule has 1 heterocycles. The van der Waals surface area contributed by atoms with Gasteiger partial charge >= 0.3 is 11.9 Å². The lowest BCUT2D eigenvalue weighted by atomic mass is 9.88. The van der Waals surface area contributed by atoms with Gasteiger partial charge in [0, 0.05) is 18.4 Å². The second-order valence-electron chi connectivity index (χ2n) is 11.6. The number of carboxylic acid groups (broad SMARTS) is 2. The first kappa shape index (κ1) is 33.0. The SMILES string of the molecule is CCCc1c(OCCCCCCc2cccc(OCCCC(C)(C)C(=O)O)c2CCC(=O)O)ccc2c1OCCC2=O. The van der Waals surface area contributed by atoms with Crippen molar-refractivity contribution in [2.24, 2.45) is 5.41 Å². The van der Waals surface area contributed by atoms with Crippen LogP contribution in [0.2, 0.25) is 0 Å².